The maximum atomic E-state index is 12.9. The Balaban J connectivity index is 1.62. The molecular formula is C17H22N4O2S. The highest BCUT2D eigenvalue weighted by Crippen LogP contribution is 2.36. The van der Waals surface area contributed by atoms with Gasteiger partial charge < -0.3 is 0 Å². The van der Waals surface area contributed by atoms with Gasteiger partial charge in [-0.05, 0) is 25.0 Å². The van der Waals surface area contributed by atoms with Crippen LogP contribution in [0.15, 0.2) is 29.4 Å². The summed E-state index contributed by atoms with van der Waals surface area (Å²) in [6.45, 7) is 0.894. The van der Waals surface area contributed by atoms with Crippen LogP contribution in [0.4, 0.5) is 0 Å². The van der Waals surface area contributed by atoms with Crippen molar-refractivity contribution in [3.63, 3.8) is 0 Å². The van der Waals surface area contributed by atoms with Crippen LogP contribution >= 0.6 is 0 Å². The summed E-state index contributed by atoms with van der Waals surface area (Å²) in [4.78, 5) is 4.21. The van der Waals surface area contributed by atoms with Crippen molar-refractivity contribution in [2.45, 2.75) is 55.9 Å². The standard InChI is InChI=1S/C17H22N4O2S/c22-24(23,14-7-4-9-18-11-14)21-10-8-16-15(12-21)17(20-19-16)13-5-2-1-3-6-13/h4,7,9,11,13H,1-3,5-6,8,10,12H2,(H,19,20). The Hall–Kier alpha value is -1.73. The van der Waals surface area contributed by atoms with Crippen LogP contribution in [0.3, 0.4) is 0 Å². The van der Waals surface area contributed by atoms with Crippen LogP contribution in [0, 0.1) is 0 Å². The van der Waals surface area contributed by atoms with Gasteiger partial charge in [0.05, 0.1) is 5.69 Å². The number of hydrogen-bond acceptors (Lipinski definition) is 4. The van der Waals surface area contributed by atoms with Gasteiger partial charge in [-0.25, -0.2) is 8.42 Å². The summed E-state index contributed by atoms with van der Waals surface area (Å²) in [5.74, 6) is 0.472. The number of rotatable bonds is 3. The van der Waals surface area contributed by atoms with Crippen LogP contribution in [-0.4, -0.2) is 34.4 Å². The van der Waals surface area contributed by atoms with Crippen LogP contribution < -0.4 is 0 Å². The zero-order valence-corrected chi connectivity index (χ0v) is 14.4. The van der Waals surface area contributed by atoms with E-state index in [-0.39, 0.29) is 4.90 Å². The highest BCUT2D eigenvalue weighted by Gasteiger charge is 2.33. The summed E-state index contributed by atoms with van der Waals surface area (Å²) in [5.41, 5.74) is 3.30. The van der Waals surface area contributed by atoms with Gasteiger partial charge in [-0.2, -0.15) is 9.40 Å². The normalized spacial score (nSPS) is 20.0. The third-order valence-corrected chi connectivity index (χ3v) is 7.02. The highest BCUT2D eigenvalue weighted by atomic mass is 32.2. The summed E-state index contributed by atoms with van der Waals surface area (Å²) < 4.78 is 27.3. The number of nitrogens with one attached hydrogen (secondary N) is 1. The molecular weight excluding hydrogens is 324 g/mol. The average Bonchev–Trinajstić information content (AvgIpc) is 3.06. The van der Waals surface area contributed by atoms with Gasteiger partial charge in [-0.3, -0.25) is 10.1 Å². The van der Waals surface area contributed by atoms with E-state index in [0.717, 1.165) is 29.8 Å². The summed E-state index contributed by atoms with van der Waals surface area (Å²) in [6.07, 6.45) is 9.79. The summed E-state index contributed by atoms with van der Waals surface area (Å²) in [5, 5.41) is 7.70. The molecule has 1 saturated carbocycles. The first-order valence-corrected chi connectivity index (χ1v) is 10.1. The van der Waals surface area contributed by atoms with Crippen molar-refractivity contribution >= 4 is 10.0 Å². The number of nitrogens with zero attached hydrogens (tertiary/aromatic N) is 3. The zero-order chi connectivity index (χ0) is 16.6. The van der Waals surface area contributed by atoms with E-state index in [9.17, 15) is 8.42 Å². The molecule has 1 N–H and O–H groups in total. The fourth-order valence-electron chi connectivity index (χ4n) is 3.86. The SMILES string of the molecule is O=S(=O)(c1cccnc1)N1CCc2[nH]nc(C3CCCCC3)c2C1. The first kappa shape index (κ1) is 15.8. The molecule has 6 nitrogen and oxygen atoms in total. The van der Waals surface area contributed by atoms with Crippen molar-refractivity contribution in [1.82, 2.24) is 19.5 Å². The number of pyridine rings is 1. The van der Waals surface area contributed by atoms with E-state index in [2.05, 4.69) is 15.2 Å². The van der Waals surface area contributed by atoms with Crippen molar-refractivity contribution < 1.29 is 8.42 Å². The van der Waals surface area contributed by atoms with Gasteiger partial charge in [-0.15, -0.1) is 0 Å². The van der Waals surface area contributed by atoms with Gasteiger partial charge in [0.25, 0.3) is 0 Å². The van der Waals surface area contributed by atoms with Crippen molar-refractivity contribution in [3.8, 4) is 0 Å². The van der Waals surface area contributed by atoms with Gasteiger partial charge in [0.1, 0.15) is 4.90 Å². The van der Waals surface area contributed by atoms with Gasteiger partial charge >= 0.3 is 0 Å². The maximum Gasteiger partial charge on any atom is 0.244 e. The molecule has 128 valence electrons. The predicted molar refractivity (Wildman–Crippen MR) is 90.0 cm³/mol. The number of hydrogen-bond donors (Lipinski definition) is 1. The Kier molecular flexibility index (Phi) is 4.14. The van der Waals surface area contributed by atoms with E-state index in [4.69, 9.17) is 0 Å². The Morgan fingerprint density at radius 2 is 2.04 bits per heavy atom. The van der Waals surface area contributed by atoms with Gasteiger partial charge in [0.15, 0.2) is 0 Å². The molecule has 0 spiro atoms. The molecule has 7 heteroatoms. The van der Waals surface area contributed by atoms with Crippen LogP contribution in [0.25, 0.3) is 0 Å². The third-order valence-electron chi connectivity index (χ3n) is 5.19. The first-order chi connectivity index (χ1) is 11.7. The number of aromatic amines is 1. The molecule has 1 aliphatic heterocycles. The lowest BCUT2D eigenvalue weighted by Gasteiger charge is -2.28. The monoisotopic (exact) mass is 346 g/mol. The molecule has 24 heavy (non-hydrogen) atoms. The number of sulfonamides is 1. The van der Waals surface area contributed by atoms with Crippen LogP contribution in [-0.2, 0) is 23.0 Å². The summed E-state index contributed by atoms with van der Waals surface area (Å²) >= 11 is 0. The van der Waals surface area contributed by atoms with E-state index in [1.54, 1.807) is 22.6 Å². The lowest BCUT2D eigenvalue weighted by Crippen LogP contribution is -2.36. The van der Waals surface area contributed by atoms with Gasteiger partial charge in [-0.1, -0.05) is 19.3 Å². The molecule has 4 rings (SSSR count). The number of fused-ring (bicyclic) bond motifs is 1. The minimum atomic E-state index is -3.50. The second-order valence-electron chi connectivity index (χ2n) is 6.68. The molecule has 0 aromatic carbocycles. The lowest BCUT2D eigenvalue weighted by molar-refractivity contribution is 0.382. The van der Waals surface area contributed by atoms with E-state index >= 15 is 0 Å². The molecule has 1 fully saturated rings. The average molecular weight is 346 g/mol. The molecule has 0 bridgehead atoms. The second-order valence-corrected chi connectivity index (χ2v) is 8.62. The van der Waals surface area contributed by atoms with Gasteiger partial charge in [0.2, 0.25) is 10.0 Å². The van der Waals surface area contributed by atoms with Crippen LogP contribution in [0.1, 0.15) is 55.0 Å². The molecule has 3 heterocycles. The van der Waals surface area contributed by atoms with E-state index in [1.807, 2.05) is 0 Å². The molecule has 2 aliphatic rings. The molecule has 0 radical (unpaired) electrons. The molecule has 1 aliphatic carbocycles. The van der Waals surface area contributed by atoms with E-state index in [1.165, 1.54) is 25.5 Å². The third kappa shape index (κ3) is 2.75. The van der Waals surface area contributed by atoms with Crippen LogP contribution in [0.5, 0.6) is 0 Å². The van der Waals surface area contributed by atoms with Crippen molar-refractivity contribution in [3.05, 3.63) is 41.5 Å². The fraction of sp³-hybridized carbons (Fsp3) is 0.529. The second kappa shape index (κ2) is 6.29. The Morgan fingerprint density at radius 3 is 2.79 bits per heavy atom. The molecule has 2 aromatic rings. The van der Waals surface area contributed by atoms with E-state index < -0.39 is 10.0 Å². The zero-order valence-electron chi connectivity index (χ0n) is 13.6. The van der Waals surface area contributed by atoms with Crippen molar-refractivity contribution in [2.75, 3.05) is 6.54 Å². The number of aromatic nitrogens is 3. The smallest absolute Gasteiger partial charge is 0.244 e. The molecule has 0 atom stereocenters. The Bertz CT molecular complexity index is 810. The van der Waals surface area contributed by atoms with Crippen molar-refractivity contribution in [2.24, 2.45) is 0 Å². The quantitative estimate of drug-likeness (QED) is 0.926. The molecule has 0 amide bonds. The lowest BCUT2D eigenvalue weighted by atomic mass is 9.85. The largest absolute Gasteiger partial charge is 0.282 e. The topological polar surface area (TPSA) is 79.0 Å². The minimum Gasteiger partial charge on any atom is -0.282 e. The van der Waals surface area contributed by atoms with Gasteiger partial charge in [0, 0.05) is 49.1 Å². The molecule has 0 saturated heterocycles. The first-order valence-electron chi connectivity index (χ1n) is 8.62. The van der Waals surface area contributed by atoms with E-state index in [0.29, 0.717) is 25.4 Å². The Labute approximate surface area is 142 Å². The number of H-pyrrole nitrogens is 1. The molecule has 2 aromatic heterocycles. The maximum absolute atomic E-state index is 12.9. The summed E-state index contributed by atoms with van der Waals surface area (Å²) in [6, 6.07) is 3.27. The summed E-state index contributed by atoms with van der Waals surface area (Å²) in [7, 11) is -3.50. The van der Waals surface area contributed by atoms with Crippen molar-refractivity contribution in [1.29, 1.82) is 0 Å². The van der Waals surface area contributed by atoms with Crippen LogP contribution in [0.2, 0.25) is 0 Å². The predicted octanol–water partition coefficient (Wildman–Crippen LogP) is 2.60. The molecule has 0 unspecified atom stereocenters. The highest BCUT2D eigenvalue weighted by molar-refractivity contribution is 7.89. The minimum absolute atomic E-state index is 0.260. The Morgan fingerprint density at radius 1 is 1.21 bits per heavy atom. The fourth-order valence-corrected chi connectivity index (χ4v) is 5.23.